The zero-order valence-electron chi connectivity index (χ0n) is 13.9. The number of amides is 1. The third-order valence-electron chi connectivity index (χ3n) is 4.06. The number of anilines is 1. The van der Waals surface area contributed by atoms with Gasteiger partial charge in [-0.3, -0.25) is 4.79 Å². The van der Waals surface area contributed by atoms with Gasteiger partial charge in [-0.25, -0.2) is 4.98 Å². The fourth-order valence-electron chi connectivity index (χ4n) is 2.84. The van der Waals surface area contributed by atoms with Crippen molar-refractivity contribution >= 4 is 44.2 Å². The highest BCUT2D eigenvalue weighted by molar-refractivity contribution is 7.22. The lowest BCUT2D eigenvalue weighted by Crippen LogP contribution is -2.44. The summed E-state index contributed by atoms with van der Waals surface area (Å²) < 4.78 is 1.14. The summed E-state index contributed by atoms with van der Waals surface area (Å²) in [6.07, 6.45) is 0.873. The maximum atomic E-state index is 12.3. The number of halogens is 1. The van der Waals surface area contributed by atoms with E-state index in [1.54, 1.807) is 11.3 Å². The van der Waals surface area contributed by atoms with Gasteiger partial charge in [-0.15, -0.1) is 0 Å². The first-order valence-corrected chi connectivity index (χ1v) is 9.06. The van der Waals surface area contributed by atoms with Crippen molar-refractivity contribution in [2.24, 2.45) is 5.92 Å². The molecular formula is C17H22ClN3OS. The monoisotopic (exact) mass is 351 g/mol. The molecule has 0 radical (unpaired) electrons. The quantitative estimate of drug-likeness (QED) is 0.889. The molecule has 1 fully saturated rings. The summed E-state index contributed by atoms with van der Waals surface area (Å²) >= 11 is 7.85. The predicted octanol–water partition coefficient (Wildman–Crippen LogP) is 4.00. The molecule has 0 spiro atoms. The zero-order chi connectivity index (χ0) is 16.8. The molecule has 1 N–H and O–H groups in total. The van der Waals surface area contributed by atoms with Crippen molar-refractivity contribution in [3.63, 3.8) is 0 Å². The molecule has 2 aromatic rings. The van der Waals surface area contributed by atoms with Crippen LogP contribution in [-0.4, -0.2) is 29.5 Å². The minimum absolute atomic E-state index is 0.0333. The standard InChI is InChI=1S/C17H22ClN3OS/c1-10-12(18)5-6-13-14(10)19-16(23-13)21-8-7-11(9-21)15(22)20-17(2,3)4/h5-6,11H,7-9H2,1-4H3,(H,20,22). The van der Waals surface area contributed by atoms with Crippen LogP contribution in [0.1, 0.15) is 32.8 Å². The molecular weight excluding hydrogens is 330 g/mol. The zero-order valence-corrected chi connectivity index (χ0v) is 15.5. The van der Waals surface area contributed by atoms with Gasteiger partial charge in [-0.2, -0.15) is 0 Å². The molecule has 1 aliphatic heterocycles. The summed E-state index contributed by atoms with van der Waals surface area (Å²) in [6.45, 7) is 9.63. The van der Waals surface area contributed by atoms with E-state index in [1.807, 2.05) is 39.8 Å². The number of nitrogens with zero attached hydrogens (tertiary/aromatic N) is 2. The first-order valence-electron chi connectivity index (χ1n) is 7.87. The molecule has 23 heavy (non-hydrogen) atoms. The molecule has 1 unspecified atom stereocenters. The highest BCUT2D eigenvalue weighted by Crippen LogP contribution is 2.35. The number of thiazole rings is 1. The predicted molar refractivity (Wildman–Crippen MR) is 97.6 cm³/mol. The molecule has 1 amide bonds. The number of aromatic nitrogens is 1. The first-order chi connectivity index (χ1) is 10.7. The molecule has 1 aliphatic rings. The van der Waals surface area contributed by atoms with Crippen molar-refractivity contribution in [2.75, 3.05) is 18.0 Å². The van der Waals surface area contributed by atoms with E-state index in [0.29, 0.717) is 0 Å². The van der Waals surface area contributed by atoms with Crippen LogP contribution in [0.2, 0.25) is 5.02 Å². The fraction of sp³-hybridized carbons (Fsp3) is 0.529. The van der Waals surface area contributed by atoms with Gasteiger partial charge in [0.1, 0.15) is 0 Å². The smallest absolute Gasteiger partial charge is 0.225 e. The van der Waals surface area contributed by atoms with E-state index in [1.165, 1.54) is 0 Å². The lowest BCUT2D eigenvalue weighted by molar-refractivity contribution is -0.125. The van der Waals surface area contributed by atoms with Crippen molar-refractivity contribution in [3.05, 3.63) is 22.7 Å². The minimum Gasteiger partial charge on any atom is -0.351 e. The van der Waals surface area contributed by atoms with Gasteiger partial charge in [0.15, 0.2) is 5.13 Å². The van der Waals surface area contributed by atoms with E-state index >= 15 is 0 Å². The van der Waals surface area contributed by atoms with Crippen LogP contribution in [0.3, 0.4) is 0 Å². The topological polar surface area (TPSA) is 45.2 Å². The summed E-state index contributed by atoms with van der Waals surface area (Å²) in [5.74, 6) is 0.172. The lowest BCUT2D eigenvalue weighted by atomic mass is 10.0. The van der Waals surface area contributed by atoms with Gasteiger partial charge in [-0.1, -0.05) is 22.9 Å². The summed E-state index contributed by atoms with van der Waals surface area (Å²) in [5.41, 5.74) is 1.81. The third-order valence-corrected chi connectivity index (χ3v) is 5.56. The maximum Gasteiger partial charge on any atom is 0.225 e. The van der Waals surface area contributed by atoms with Crippen LogP contribution in [0.15, 0.2) is 12.1 Å². The Labute approximate surface area is 145 Å². The SMILES string of the molecule is Cc1c(Cl)ccc2sc(N3CCC(C(=O)NC(C)(C)C)C3)nc12. The van der Waals surface area contributed by atoms with Gasteiger partial charge in [0.25, 0.3) is 0 Å². The molecule has 2 heterocycles. The highest BCUT2D eigenvalue weighted by Gasteiger charge is 2.31. The van der Waals surface area contributed by atoms with Crippen LogP contribution in [0.5, 0.6) is 0 Å². The average molecular weight is 352 g/mol. The van der Waals surface area contributed by atoms with E-state index in [4.69, 9.17) is 16.6 Å². The molecule has 124 valence electrons. The van der Waals surface area contributed by atoms with Gasteiger partial charge in [0.05, 0.1) is 16.1 Å². The van der Waals surface area contributed by atoms with E-state index in [9.17, 15) is 4.79 Å². The molecule has 1 aromatic heterocycles. The van der Waals surface area contributed by atoms with Crippen LogP contribution in [0, 0.1) is 12.8 Å². The Kier molecular flexibility index (Phi) is 4.27. The van der Waals surface area contributed by atoms with E-state index in [0.717, 1.165) is 45.4 Å². The highest BCUT2D eigenvalue weighted by atomic mass is 35.5. The van der Waals surface area contributed by atoms with Crippen molar-refractivity contribution in [1.29, 1.82) is 0 Å². The van der Waals surface area contributed by atoms with Crippen LogP contribution < -0.4 is 10.2 Å². The molecule has 1 aromatic carbocycles. The van der Waals surface area contributed by atoms with E-state index in [2.05, 4.69) is 10.2 Å². The van der Waals surface area contributed by atoms with Crippen molar-refractivity contribution in [2.45, 2.75) is 39.7 Å². The number of benzene rings is 1. The number of aryl methyl sites for hydroxylation is 1. The number of carbonyl (C=O) groups is 1. The number of hydrogen-bond donors (Lipinski definition) is 1. The van der Waals surface area contributed by atoms with Crippen LogP contribution >= 0.6 is 22.9 Å². The van der Waals surface area contributed by atoms with E-state index in [-0.39, 0.29) is 17.4 Å². The Morgan fingerprint density at radius 1 is 1.43 bits per heavy atom. The van der Waals surface area contributed by atoms with Crippen LogP contribution in [0.4, 0.5) is 5.13 Å². The number of fused-ring (bicyclic) bond motifs is 1. The normalized spacial score (nSPS) is 18.7. The Balaban J connectivity index is 1.77. The number of rotatable bonds is 2. The lowest BCUT2D eigenvalue weighted by Gasteiger charge is -2.23. The van der Waals surface area contributed by atoms with Crippen molar-refractivity contribution in [1.82, 2.24) is 10.3 Å². The van der Waals surface area contributed by atoms with Gasteiger partial charge in [0, 0.05) is 23.7 Å². The van der Waals surface area contributed by atoms with Gasteiger partial charge in [0.2, 0.25) is 5.91 Å². The molecule has 4 nitrogen and oxygen atoms in total. The Hall–Kier alpha value is -1.33. The molecule has 0 aliphatic carbocycles. The summed E-state index contributed by atoms with van der Waals surface area (Å²) in [7, 11) is 0. The molecule has 6 heteroatoms. The average Bonchev–Trinajstić information content (AvgIpc) is 3.07. The number of carbonyl (C=O) groups excluding carboxylic acids is 1. The second-order valence-corrected chi connectivity index (χ2v) is 8.60. The fourth-order valence-corrected chi connectivity index (χ4v) is 4.06. The third kappa shape index (κ3) is 3.45. The maximum absolute atomic E-state index is 12.3. The van der Waals surface area contributed by atoms with Crippen LogP contribution in [-0.2, 0) is 4.79 Å². The van der Waals surface area contributed by atoms with Gasteiger partial charge < -0.3 is 10.2 Å². The summed E-state index contributed by atoms with van der Waals surface area (Å²) in [6, 6.07) is 3.94. The Morgan fingerprint density at radius 3 is 2.87 bits per heavy atom. The minimum atomic E-state index is -0.186. The number of nitrogens with one attached hydrogen (secondary N) is 1. The Bertz CT molecular complexity index is 750. The Morgan fingerprint density at radius 2 is 2.17 bits per heavy atom. The van der Waals surface area contributed by atoms with E-state index < -0.39 is 0 Å². The van der Waals surface area contributed by atoms with Crippen LogP contribution in [0.25, 0.3) is 10.2 Å². The molecule has 0 bridgehead atoms. The summed E-state index contributed by atoms with van der Waals surface area (Å²) in [5, 5.41) is 4.81. The van der Waals surface area contributed by atoms with Crippen molar-refractivity contribution in [3.8, 4) is 0 Å². The second kappa shape index (κ2) is 5.95. The molecule has 1 saturated heterocycles. The number of hydrogen-bond acceptors (Lipinski definition) is 4. The molecule has 1 atom stereocenters. The molecule has 0 saturated carbocycles. The second-order valence-electron chi connectivity index (χ2n) is 7.19. The largest absolute Gasteiger partial charge is 0.351 e. The van der Waals surface area contributed by atoms with Crippen molar-refractivity contribution < 1.29 is 4.79 Å². The van der Waals surface area contributed by atoms with Gasteiger partial charge in [-0.05, 0) is 51.8 Å². The summed E-state index contributed by atoms with van der Waals surface area (Å²) in [4.78, 5) is 19.3. The molecule has 3 rings (SSSR count). The van der Waals surface area contributed by atoms with Gasteiger partial charge >= 0.3 is 0 Å². The first kappa shape index (κ1) is 16.5.